The molecule has 0 radical (unpaired) electrons. The molecule has 0 bridgehead atoms. The number of anilines is 1. The summed E-state index contributed by atoms with van der Waals surface area (Å²) in [4.78, 5) is 27.1. The zero-order valence-corrected chi connectivity index (χ0v) is 13.1. The number of ether oxygens (including phenoxy) is 1. The number of carbonyl (C=O) groups excluding carboxylic acids is 1. The van der Waals surface area contributed by atoms with Crippen LogP contribution in [0.2, 0.25) is 0 Å². The van der Waals surface area contributed by atoms with Crippen LogP contribution in [0.4, 0.5) is 5.13 Å². The summed E-state index contributed by atoms with van der Waals surface area (Å²) < 4.78 is 5.39. The van der Waals surface area contributed by atoms with E-state index in [0.29, 0.717) is 28.9 Å². The Balaban J connectivity index is 1.69. The van der Waals surface area contributed by atoms with E-state index in [1.165, 1.54) is 11.3 Å². The second-order valence-electron chi connectivity index (χ2n) is 5.35. The zero-order chi connectivity index (χ0) is 16.2. The molecule has 1 amide bonds. The van der Waals surface area contributed by atoms with Crippen molar-refractivity contribution in [2.24, 2.45) is 0 Å². The number of carbonyl (C=O) groups is 2. The van der Waals surface area contributed by atoms with Gasteiger partial charge in [0.15, 0.2) is 5.13 Å². The van der Waals surface area contributed by atoms with E-state index in [2.05, 4.69) is 10.3 Å². The third-order valence-electron chi connectivity index (χ3n) is 3.65. The molecule has 0 spiro atoms. The summed E-state index contributed by atoms with van der Waals surface area (Å²) in [5.74, 6) is -0.855. The van der Waals surface area contributed by atoms with Crippen LogP contribution in [-0.4, -0.2) is 35.2 Å². The average Bonchev–Trinajstić information content (AvgIpc) is 3.19. The summed E-state index contributed by atoms with van der Waals surface area (Å²) in [6, 6.07) is 7.49. The van der Waals surface area contributed by atoms with E-state index in [1.807, 2.05) is 18.2 Å². The minimum absolute atomic E-state index is 0.149. The molecule has 0 saturated carbocycles. The predicted molar refractivity (Wildman–Crippen MR) is 86.0 cm³/mol. The van der Waals surface area contributed by atoms with Crippen molar-refractivity contribution in [1.29, 1.82) is 0 Å². The summed E-state index contributed by atoms with van der Waals surface area (Å²) in [5, 5.41) is 13.5. The first-order valence-electron chi connectivity index (χ1n) is 7.27. The number of carboxylic acids is 1. The second-order valence-corrected chi connectivity index (χ2v) is 6.21. The summed E-state index contributed by atoms with van der Waals surface area (Å²) in [6.45, 7) is 1.45. The van der Waals surface area contributed by atoms with Gasteiger partial charge in [0.05, 0.1) is 18.7 Å². The molecule has 2 aromatic rings. The molecule has 2 heterocycles. The molecule has 6 nitrogen and oxygen atoms in total. The van der Waals surface area contributed by atoms with Gasteiger partial charge in [-0.05, 0) is 24.1 Å². The molecule has 1 aliphatic rings. The molecule has 1 fully saturated rings. The lowest BCUT2D eigenvalue weighted by Crippen LogP contribution is -2.12. The fraction of sp³-hybridized carbons (Fsp3) is 0.312. The van der Waals surface area contributed by atoms with Crippen molar-refractivity contribution in [3.8, 4) is 0 Å². The summed E-state index contributed by atoms with van der Waals surface area (Å²) >= 11 is 1.22. The van der Waals surface area contributed by atoms with Gasteiger partial charge in [-0.3, -0.25) is 14.9 Å². The van der Waals surface area contributed by atoms with Gasteiger partial charge in [-0.1, -0.05) is 12.1 Å². The molecule has 120 valence electrons. The van der Waals surface area contributed by atoms with Crippen LogP contribution < -0.4 is 5.32 Å². The molecule has 1 unspecified atom stereocenters. The van der Waals surface area contributed by atoms with Crippen molar-refractivity contribution in [2.75, 3.05) is 18.5 Å². The number of nitrogens with one attached hydrogen (secondary N) is 1. The van der Waals surface area contributed by atoms with Crippen molar-refractivity contribution in [1.82, 2.24) is 4.98 Å². The normalized spacial score (nSPS) is 17.1. The smallest absolute Gasteiger partial charge is 0.309 e. The predicted octanol–water partition coefficient (Wildman–Crippen LogP) is 2.53. The van der Waals surface area contributed by atoms with Gasteiger partial charge in [0.1, 0.15) is 0 Å². The van der Waals surface area contributed by atoms with Gasteiger partial charge in [-0.2, -0.15) is 0 Å². The Kier molecular flexibility index (Phi) is 4.68. The third kappa shape index (κ3) is 3.94. The van der Waals surface area contributed by atoms with Gasteiger partial charge in [-0.15, -0.1) is 11.3 Å². The number of hydrogen-bond donors (Lipinski definition) is 2. The largest absolute Gasteiger partial charge is 0.481 e. The number of amides is 1. The van der Waals surface area contributed by atoms with E-state index in [-0.39, 0.29) is 12.3 Å². The molecular weight excluding hydrogens is 316 g/mol. The van der Waals surface area contributed by atoms with E-state index < -0.39 is 5.97 Å². The minimum atomic E-state index is -0.945. The van der Waals surface area contributed by atoms with Crippen LogP contribution in [0.5, 0.6) is 0 Å². The zero-order valence-electron chi connectivity index (χ0n) is 12.3. The molecule has 23 heavy (non-hydrogen) atoms. The fourth-order valence-corrected chi connectivity index (χ4v) is 3.21. The molecule has 2 N–H and O–H groups in total. The monoisotopic (exact) mass is 332 g/mol. The van der Waals surface area contributed by atoms with Crippen molar-refractivity contribution >= 4 is 28.3 Å². The molecule has 1 atom stereocenters. The highest BCUT2D eigenvalue weighted by molar-refractivity contribution is 7.14. The maximum absolute atomic E-state index is 12.3. The molecule has 1 saturated heterocycles. The topological polar surface area (TPSA) is 88.5 Å². The minimum Gasteiger partial charge on any atom is -0.481 e. The van der Waals surface area contributed by atoms with Gasteiger partial charge in [-0.25, -0.2) is 4.98 Å². The number of aromatic nitrogens is 1. The Hall–Kier alpha value is -2.25. The highest BCUT2D eigenvalue weighted by atomic mass is 32.1. The summed E-state index contributed by atoms with van der Waals surface area (Å²) in [7, 11) is 0. The van der Waals surface area contributed by atoms with E-state index in [4.69, 9.17) is 9.84 Å². The quantitative estimate of drug-likeness (QED) is 0.878. The Morgan fingerprint density at radius 3 is 3.04 bits per heavy atom. The van der Waals surface area contributed by atoms with Crippen molar-refractivity contribution < 1.29 is 19.4 Å². The van der Waals surface area contributed by atoms with Crippen LogP contribution in [0.15, 0.2) is 29.6 Å². The van der Waals surface area contributed by atoms with Gasteiger partial charge < -0.3 is 9.84 Å². The van der Waals surface area contributed by atoms with Gasteiger partial charge in [0.25, 0.3) is 5.91 Å². The standard InChI is InChI=1S/C16H16N2O4S/c19-14(20)7-13-9-23-16(17-13)18-15(21)11-3-1-2-10(6-11)12-4-5-22-8-12/h1-3,6,9,12H,4-5,7-8H2,(H,19,20)(H,17,18,21). The molecule has 0 aliphatic carbocycles. The number of nitrogens with zero attached hydrogens (tertiary/aromatic N) is 1. The SMILES string of the molecule is O=C(O)Cc1csc(NC(=O)c2cccc(C3CCOC3)c2)n1. The van der Waals surface area contributed by atoms with E-state index in [1.54, 1.807) is 11.4 Å². The lowest BCUT2D eigenvalue weighted by molar-refractivity contribution is -0.136. The Morgan fingerprint density at radius 2 is 2.30 bits per heavy atom. The Bertz CT molecular complexity index is 722. The first kappa shape index (κ1) is 15.6. The molecular formula is C16H16N2O4S. The molecule has 1 aliphatic heterocycles. The van der Waals surface area contributed by atoms with Gasteiger partial charge in [0.2, 0.25) is 0 Å². The first-order chi connectivity index (χ1) is 11.1. The Labute approximate surface area is 137 Å². The maximum atomic E-state index is 12.3. The van der Waals surface area contributed by atoms with Crippen LogP contribution in [-0.2, 0) is 16.0 Å². The number of hydrogen-bond acceptors (Lipinski definition) is 5. The Morgan fingerprint density at radius 1 is 1.43 bits per heavy atom. The lowest BCUT2D eigenvalue weighted by atomic mass is 9.96. The van der Waals surface area contributed by atoms with Crippen LogP contribution in [0, 0.1) is 0 Å². The van der Waals surface area contributed by atoms with E-state index >= 15 is 0 Å². The highest BCUT2D eigenvalue weighted by Gasteiger charge is 2.19. The molecule has 3 rings (SSSR count). The third-order valence-corrected chi connectivity index (χ3v) is 4.46. The van der Waals surface area contributed by atoms with Crippen molar-refractivity contribution in [2.45, 2.75) is 18.8 Å². The second kappa shape index (κ2) is 6.89. The van der Waals surface area contributed by atoms with Crippen LogP contribution in [0.1, 0.15) is 34.0 Å². The number of aliphatic carboxylic acids is 1. The van der Waals surface area contributed by atoms with Gasteiger partial charge >= 0.3 is 5.97 Å². The maximum Gasteiger partial charge on any atom is 0.309 e. The van der Waals surface area contributed by atoms with Crippen molar-refractivity contribution in [3.63, 3.8) is 0 Å². The van der Waals surface area contributed by atoms with E-state index in [9.17, 15) is 9.59 Å². The fourth-order valence-electron chi connectivity index (χ4n) is 2.50. The molecule has 7 heteroatoms. The molecule has 1 aromatic heterocycles. The summed E-state index contributed by atoms with van der Waals surface area (Å²) in [5.41, 5.74) is 2.10. The molecule has 1 aromatic carbocycles. The lowest BCUT2D eigenvalue weighted by Gasteiger charge is -2.09. The van der Waals surface area contributed by atoms with Crippen molar-refractivity contribution in [3.05, 3.63) is 46.5 Å². The summed E-state index contributed by atoms with van der Waals surface area (Å²) in [6.07, 6.45) is 0.819. The average molecular weight is 332 g/mol. The number of carboxylic acid groups (broad SMARTS) is 1. The number of thiazole rings is 1. The highest BCUT2D eigenvalue weighted by Crippen LogP contribution is 2.26. The van der Waals surface area contributed by atoms with Crippen LogP contribution in [0.3, 0.4) is 0 Å². The number of benzene rings is 1. The van der Waals surface area contributed by atoms with Gasteiger partial charge in [0, 0.05) is 23.5 Å². The first-order valence-corrected chi connectivity index (χ1v) is 8.15. The van der Waals surface area contributed by atoms with Crippen LogP contribution >= 0.6 is 11.3 Å². The van der Waals surface area contributed by atoms with Crippen LogP contribution in [0.25, 0.3) is 0 Å². The number of rotatable bonds is 5. The van der Waals surface area contributed by atoms with E-state index in [0.717, 1.165) is 18.6 Å².